The van der Waals surface area contributed by atoms with Crippen molar-refractivity contribution in [3.8, 4) is 28.6 Å². The first-order valence-corrected chi connectivity index (χ1v) is 6.47. The van der Waals surface area contributed by atoms with Crippen LogP contribution in [0, 0.1) is 0 Å². The van der Waals surface area contributed by atoms with E-state index in [-0.39, 0.29) is 11.6 Å². The van der Waals surface area contributed by atoms with Gasteiger partial charge in [0.1, 0.15) is 5.75 Å². The number of aromatic nitrogens is 2. The van der Waals surface area contributed by atoms with Gasteiger partial charge >= 0.3 is 0 Å². The highest BCUT2D eigenvalue weighted by atomic mass is 35.5. The summed E-state index contributed by atoms with van der Waals surface area (Å²) in [5.74, 6) is 0.752. The van der Waals surface area contributed by atoms with Crippen molar-refractivity contribution in [1.82, 2.24) is 10.1 Å². The zero-order valence-corrected chi connectivity index (χ0v) is 11.6. The molecule has 0 radical (unpaired) electrons. The van der Waals surface area contributed by atoms with Crippen LogP contribution in [0.4, 0.5) is 0 Å². The number of nitrogens with zero attached hydrogens (tertiary/aromatic N) is 2. The van der Waals surface area contributed by atoms with Crippen LogP contribution < -0.4 is 0 Å². The van der Waals surface area contributed by atoms with Gasteiger partial charge in [-0.3, -0.25) is 0 Å². The molecule has 3 aromatic rings. The number of rotatable bonds is 2. The molecule has 1 N–H and O–H groups in total. The average molecular weight is 307 g/mol. The zero-order chi connectivity index (χ0) is 14.1. The summed E-state index contributed by atoms with van der Waals surface area (Å²) in [4.78, 5) is 4.27. The summed E-state index contributed by atoms with van der Waals surface area (Å²) in [6.45, 7) is 0. The smallest absolute Gasteiger partial charge is 0.259 e. The van der Waals surface area contributed by atoms with E-state index >= 15 is 0 Å². The third-order valence-corrected chi connectivity index (χ3v) is 3.29. The second-order valence-electron chi connectivity index (χ2n) is 4.09. The molecule has 0 spiro atoms. The molecule has 0 saturated heterocycles. The first-order chi connectivity index (χ1) is 9.63. The molecular formula is C14H8Cl2N2O2. The summed E-state index contributed by atoms with van der Waals surface area (Å²) in [6, 6.07) is 11.6. The number of hydrogen-bond donors (Lipinski definition) is 1. The molecule has 100 valence electrons. The Kier molecular flexibility index (Phi) is 3.34. The van der Waals surface area contributed by atoms with E-state index < -0.39 is 0 Å². The molecule has 0 aliphatic carbocycles. The maximum atomic E-state index is 9.49. The van der Waals surface area contributed by atoms with Gasteiger partial charge < -0.3 is 9.63 Å². The van der Waals surface area contributed by atoms with E-state index in [1.807, 2.05) is 0 Å². The average Bonchev–Trinajstić information content (AvgIpc) is 2.92. The number of benzene rings is 2. The molecule has 0 fully saturated rings. The molecule has 0 aliphatic heterocycles. The molecular weight excluding hydrogens is 299 g/mol. The zero-order valence-electron chi connectivity index (χ0n) is 10.0. The Morgan fingerprint density at radius 1 is 1.00 bits per heavy atom. The Labute approximate surface area is 124 Å². The lowest BCUT2D eigenvalue weighted by Crippen LogP contribution is -1.82. The molecule has 1 heterocycles. The lowest BCUT2D eigenvalue weighted by Gasteiger charge is -1.98. The predicted molar refractivity (Wildman–Crippen MR) is 76.9 cm³/mol. The molecule has 4 nitrogen and oxygen atoms in total. The van der Waals surface area contributed by atoms with Crippen molar-refractivity contribution in [3.63, 3.8) is 0 Å². The van der Waals surface area contributed by atoms with Crippen LogP contribution in [0.3, 0.4) is 0 Å². The SMILES string of the molecule is Oc1ccc(Cl)c(-c2nc(-c3ccc(Cl)cc3)no2)c1. The molecule has 0 unspecified atom stereocenters. The number of halogens is 2. The molecule has 20 heavy (non-hydrogen) atoms. The van der Waals surface area contributed by atoms with Crippen LogP contribution in [0.1, 0.15) is 0 Å². The number of phenols is 1. The third kappa shape index (κ3) is 2.48. The highest BCUT2D eigenvalue weighted by Gasteiger charge is 2.14. The molecule has 1 aromatic heterocycles. The Morgan fingerprint density at radius 3 is 2.50 bits per heavy atom. The summed E-state index contributed by atoms with van der Waals surface area (Å²) >= 11 is 11.9. The quantitative estimate of drug-likeness (QED) is 0.761. The highest BCUT2D eigenvalue weighted by Crippen LogP contribution is 2.31. The lowest BCUT2D eigenvalue weighted by molar-refractivity contribution is 0.431. The van der Waals surface area contributed by atoms with Crippen LogP contribution in [-0.2, 0) is 0 Å². The van der Waals surface area contributed by atoms with Gasteiger partial charge in [0.2, 0.25) is 5.82 Å². The molecule has 2 aromatic carbocycles. The van der Waals surface area contributed by atoms with Crippen LogP contribution in [0.5, 0.6) is 5.75 Å². The molecule has 0 aliphatic rings. The van der Waals surface area contributed by atoms with Gasteiger partial charge in [-0.15, -0.1) is 0 Å². The highest BCUT2D eigenvalue weighted by molar-refractivity contribution is 6.33. The van der Waals surface area contributed by atoms with Crippen molar-refractivity contribution in [2.24, 2.45) is 0 Å². The van der Waals surface area contributed by atoms with E-state index in [9.17, 15) is 5.11 Å². The van der Waals surface area contributed by atoms with Crippen LogP contribution in [0.15, 0.2) is 47.0 Å². The Balaban J connectivity index is 2.01. The first kappa shape index (κ1) is 13.0. The van der Waals surface area contributed by atoms with Crippen molar-refractivity contribution in [2.75, 3.05) is 0 Å². The van der Waals surface area contributed by atoms with Crippen molar-refractivity contribution in [3.05, 3.63) is 52.5 Å². The number of phenolic OH excluding ortho intramolecular Hbond substituents is 1. The van der Waals surface area contributed by atoms with Gasteiger partial charge in [-0.05, 0) is 42.5 Å². The topological polar surface area (TPSA) is 59.2 Å². The van der Waals surface area contributed by atoms with E-state index in [2.05, 4.69) is 10.1 Å². The van der Waals surface area contributed by atoms with E-state index in [0.29, 0.717) is 21.4 Å². The summed E-state index contributed by atoms with van der Waals surface area (Å²) < 4.78 is 5.18. The second-order valence-corrected chi connectivity index (χ2v) is 4.94. The lowest BCUT2D eigenvalue weighted by atomic mass is 10.2. The van der Waals surface area contributed by atoms with Gasteiger partial charge in [-0.1, -0.05) is 28.4 Å². The van der Waals surface area contributed by atoms with Gasteiger partial charge in [0.15, 0.2) is 0 Å². The second kappa shape index (κ2) is 5.15. The standard InChI is InChI=1S/C14H8Cl2N2O2/c15-9-3-1-8(2-4-9)13-17-14(20-18-13)11-7-10(19)5-6-12(11)16/h1-7,19H. The fraction of sp³-hybridized carbons (Fsp3) is 0. The van der Waals surface area contributed by atoms with Crippen molar-refractivity contribution in [1.29, 1.82) is 0 Å². The van der Waals surface area contributed by atoms with Gasteiger partial charge in [-0.2, -0.15) is 4.98 Å². The van der Waals surface area contributed by atoms with Crippen molar-refractivity contribution >= 4 is 23.2 Å². The van der Waals surface area contributed by atoms with Crippen molar-refractivity contribution < 1.29 is 9.63 Å². The summed E-state index contributed by atoms with van der Waals surface area (Å²) in [5.41, 5.74) is 1.26. The molecule has 0 amide bonds. The van der Waals surface area contributed by atoms with Crippen LogP contribution >= 0.6 is 23.2 Å². The largest absolute Gasteiger partial charge is 0.508 e. The van der Waals surface area contributed by atoms with E-state index in [0.717, 1.165) is 5.56 Å². The summed E-state index contributed by atoms with van der Waals surface area (Å²) in [6.07, 6.45) is 0. The minimum atomic E-state index is 0.0793. The number of hydrogen-bond acceptors (Lipinski definition) is 4. The van der Waals surface area contributed by atoms with E-state index in [4.69, 9.17) is 27.7 Å². The minimum absolute atomic E-state index is 0.0793. The van der Waals surface area contributed by atoms with E-state index in [1.54, 1.807) is 30.3 Å². The maximum absolute atomic E-state index is 9.49. The summed E-state index contributed by atoms with van der Waals surface area (Å²) in [7, 11) is 0. The van der Waals surface area contributed by atoms with Crippen LogP contribution in [0.25, 0.3) is 22.8 Å². The molecule has 0 saturated carbocycles. The van der Waals surface area contributed by atoms with E-state index in [1.165, 1.54) is 12.1 Å². The van der Waals surface area contributed by atoms with Gasteiger partial charge in [0.25, 0.3) is 5.89 Å². The molecule has 6 heteroatoms. The van der Waals surface area contributed by atoms with Gasteiger partial charge in [0.05, 0.1) is 10.6 Å². The monoisotopic (exact) mass is 306 g/mol. The Bertz CT molecular complexity index is 754. The predicted octanol–water partition coefficient (Wildman–Crippen LogP) is 4.42. The minimum Gasteiger partial charge on any atom is -0.508 e. The fourth-order valence-electron chi connectivity index (χ4n) is 1.73. The molecule has 3 rings (SSSR count). The summed E-state index contributed by atoms with van der Waals surface area (Å²) in [5, 5.41) is 14.4. The fourth-order valence-corrected chi connectivity index (χ4v) is 2.05. The number of aromatic hydroxyl groups is 1. The van der Waals surface area contributed by atoms with Crippen molar-refractivity contribution in [2.45, 2.75) is 0 Å². The molecule has 0 bridgehead atoms. The Morgan fingerprint density at radius 2 is 1.75 bits per heavy atom. The van der Waals surface area contributed by atoms with Crippen LogP contribution in [0.2, 0.25) is 10.0 Å². The normalized spacial score (nSPS) is 10.7. The molecule has 0 atom stereocenters. The first-order valence-electron chi connectivity index (χ1n) is 5.72. The van der Waals surface area contributed by atoms with Gasteiger partial charge in [0, 0.05) is 10.6 Å². The van der Waals surface area contributed by atoms with Gasteiger partial charge in [-0.25, -0.2) is 0 Å². The maximum Gasteiger partial charge on any atom is 0.259 e. The Hall–Kier alpha value is -2.04. The third-order valence-electron chi connectivity index (χ3n) is 2.71. The van der Waals surface area contributed by atoms with Crippen LogP contribution in [-0.4, -0.2) is 15.2 Å².